The van der Waals surface area contributed by atoms with Crippen LogP contribution in [0, 0.1) is 12.7 Å². The van der Waals surface area contributed by atoms with Gasteiger partial charge in [0.05, 0.1) is 0 Å². The highest BCUT2D eigenvalue weighted by atomic mass is 79.9. The third-order valence-corrected chi connectivity index (χ3v) is 3.45. The molecule has 114 valence electrons. The van der Waals surface area contributed by atoms with Crippen molar-refractivity contribution in [1.29, 1.82) is 0 Å². The van der Waals surface area contributed by atoms with E-state index in [-0.39, 0.29) is 12.4 Å². The van der Waals surface area contributed by atoms with Crippen LogP contribution >= 0.6 is 15.9 Å². The first-order valence-corrected chi connectivity index (χ1v) is 7.64. The minimum atomic E-state index is -0.336. The van der Waals surface area contributed by atoms with Crippen molar-refractivity contribution in [1.82, 2.24) is 5.32 Å². The molecule has 2 aromatic rings. The highest BCUT2D eigenvalue weighted by molar-refractivity contribution is 9.10. The fraction of sp³-hybridized carbons (Fsp3) is 0.375. The lowest BCUT2D eigenvalue weighted by Gasteiger charge is -2.06. The molecule has 0 bridgehead atoms. The van der Waals surface area contributed by atoms with Gasteiger partial charge in [0.15, 0.2) is 0 Å². The zero-order valence-electron chi connectivity index (χ0n) is 12.4. The molecule has 0 atom stereocenters. The van der Waals surface area contributed by atoms with Crippen LogP contribution in [0.15, 0.2) is 33.2 Å². The van der Waals surface area contributed by atoms with Crippen molar-refractivity contribution in [2.45, 2.75) is 40.0 Å². The summed E-state index contributed by atoms with van der Waals surface area (Å²) < 4.78 is 25.1. The van der Waals surface area contributed by atoms with E-state index in [1.165, 1.54) is 12.1 Å². The van der Waals surface area contributed by atoms with Gasteiger partial charge in [0, 0.05) is 28.7 Å². The van der Waals surface area contributed by atoms with Gasteiger partial charge in [-0.1, -0.05) is 29.8 Å². The minimum absolute atomic E-state index is 0.276. The summed E-state index contributed by atoms with van der Waals surface area (Å²) in [5, 5.41) is 3.35. The number of furan rings is 1. The Labute approximate surface area is 132 Å². The Hall–Kier alpha value is -1.33. The van der Waals surface area contributed by atoms with E-state index in [0.717, 1.165) is 23.6 Å². The lowest BCUT2D eigenvalue weighted by molar-refractivity contribution is 0.266. The molecule has 0 aliphatic rings. The summed E-state index contributed by atoms with van der Waals surface area (Å²) in [5.41, 5.74) is 1.11. The maximum Gasteiger partial charge on any atom is 0.146 e. The monoisotopic (exact) mass is 355 g/mol. The standard InChI is InChI=1S/C16H19BrFNO2/c1-10(2)19-8-12-4-16(21-11(12)3)9-20-15-6-13(17)5-14(18)7-15/h4-7,10,19H,8-9H2,1-3H3. The molecule has 1 heterocycles. The number of aryl methyl sites for hydroxylation is 1. The Morgan fingerprint density at radius 2 is 2.05 bits per heavy atom. The summed E-state index contributed by atoms with van der Waals surface area (Å²) >= 11 is 3.24. The van der Waals surface area contributed by atoms with Gasteiger partial charge in [-0.15, -0.1) is 0 Å². The zero-order valence-corrected chi connectivity index (χ0v) is 14.0. The van der Waals surface area contributed by atoms with E-state index in [9.17, 15) is 4.39 Å². The summed E-state index contributed by atoms with van der Waals surface area (Å²) in [6.07, 6.45) is 0. The Morgan fingerprint density at radius 1 is 1.29 bits per heavy atom. The Bertz CT molecular complexity index is 590. The van der Waals surface area contributed by atoms with E-state index in [2.05, 4.69) is 35.1 Å². The first-order chi connectivity index (χ1) is 9.94. The molecule has 2 rings (SSSR count). The third-order valence-electron chi connectivity index (χ3n) is 2.99. The quantitative estimate of drug-likeness (QED) is 0.824. The van der Waals surface area contributed by atoms with Crippen molar-refractivity contribution in [3.63, 3.8) is 0 Å². The smallest absolute Gasteiger partial charge is 0.146 e. The highest BCUT2D eigenvalue weighted by Crippen LogP contribution is 2.22. The van der Waals surface area contributed by atoms with Crippen LogP contribution in [0.4, 0.5) is 4.39 Å². The fourth-order valence-electron chi connectivity index (χ4n) is 1.91. The molecule has 3 nitrogen and oxygen atoms in total. The third kappa shape index (κ3) is 4.86. The van der Waals surface area contributed by atoms with Crippen molar-refractivity contribution in [3.8, 4) is 5.75 Å². The average molecular weight is 356 g/mol. The molecule has 0 spiro atoms. The molecule has 0 radical (unpaired) electrons. The molecular weight excluding hydrogens is 337 g/mol. The topological polar surface area (TPSA) is 34.4 Å². The summed E-state index contributed by atoms with van der Waals surface area (Å²) in [6, 6.07) is 6.85. The van der Waals surface area contributed by atoms with Gasteiger partial charge in [-0.25, -0.2) is 4.39 Å². The molecule has 0 saturated carbocycles. The summed E-state index contributed by atoms with van der Waals surface area (Å²) in [5.74, 6) is 1.74. The van der Waals surface area contributed by atoms with Crippen LogP contribution in [0.3, 0.4) is 0 Å². The zero-order chi connectivity index (χ0) is 15.4. The molecule has 5 heteroatoms. The fourth-order valence-corrected chi connectivity index (χ4v) is 2.36. The van der Waals surface area contributed by atoms with Gasteiger partial charge in [0.1, 0.15) is 29.7 Å². The number of hydrogen-bond donors (Lipinski definition) is 1. The largest absolute Gasteiger partial charge is 0.486 e. The second kappa shape index (κ2) is 7.09. The maximum atomic E-state index is 13.3. The number of hydrogen-bond acceptors (Lipinski definition) is 3. The van der Waals surface area contributed by atoms with E-state index in [0.29, 0.717) is 16.3 Å². The summed E-state index contributed by atoms with van der Waals surface area (Å²) in [4.78, 5) is 0. The number of benzene rings is 1. The second-order valence-corrected chi connectivity index (χ2v) is 6.14. The number of rotatable bonds is 6. The molecule has 0 saturated heterocycles. The van der Waals surface area contributed by atoms with Crippen molar-refractivity contribution in [2.75, 3.05) is 0 Å². The van der Waals surface area contributed by atoms with Crippen molar-refractivity contribution < 1.29 is 13.5 Å². The molecule has 0 amide bonds. The number of nitrogens with one attached hydrogen (secondary N) is 1. The van der Waals surface area contributed by atoms with E-state index in [4.69, 9.17) is 9.15 Å². The summed E-state index contributed by atoms with van der Waals surface area (Å²) in [6.45, 7) is 7.17. The molecule has 0 fully saturated rings. The Morgan fingerprint density at radius 3 is 2.71 bits per heavy atom. The first kappa shape index (κ1) is 16.0. The number of halogens is 2. The molecule has 1 N–H and O–H groups in total. The molecule has 0 unspecified atom stereocenters. The van der Waals surface area contributed by atoms with Crippen LogP contribution < -0.4 is 10.1 Å². The van der Waals surface area contributed by atoms with Gasteiger partial charge in [-0.3, -0.25) is 0 Å². The highest BCUT2D eigenvalue weighted by Gasteiger charge is 2.09. The molecule has 1 aromatic carbocycles. The molecular formula is C16H19BrFNO2. The Kier molecular flexibility index (Phi) is 5.42. The second-order valence-electron chi connectivity index (χ2n) is 5.22. The first-order valence-electron chi connectivity index (χ1n) is 6.84. The van der Waals surface area contributed by atoms with Gasteiger partial charge < -0.3 is 14.5 Å². The van der Waals surface area contributed by atoms with E-state index in [1.807, 2.05) is 13.0 Å². The van der Waals surface area contributed by atoms with Crippen molar-refractivity contribution in [2.24, 2.45) is 0 Å². The van der Waals surface area contributed by atoms with Crippen LogP contribution in [0.1, 0.15) is 30.9 Å². The van der Waals surface area contributed by atoms with Crippen LogP contribution in [-0.4, -0.2) is 6.04 Å². The lowest BCUT2D eigenvalue weighted by atomic mass is 10.2. The van der Waals surface area contributed by atoms with E-state index < -0.39 is 0 Å². The summed E-state index contributed by atoms with van der Waals surface area (Å²) in [7, 11) is 0. The SMILES string of the molecule is Cc1oc(COc2cc(F)cc(Br)c2)cc1CNC(C)C. The van der Waals surface area contributed by atoms with Gasteiger partial charge >= 0.3 is 0 Å². The van der Waals surface area contributed by atoms with Gasteiger partial charge in [0.2, 0.25) is 0 Å². The van der Waals surface area contributed by atoms with Crippen molar-refractivity contribution >= 4 is 15.9 Å². The van der Waals surface area contributed by atoms with E-state index in [1.54, 1.807) is 6.07 Å². The van der Waals surface area contributed by atoms with Crippen LogP contribution in [-0.2, 0) is 13.2 Å². The van der Waals surface area contributed by atoms with Crippen LogP contribution in [0.2, 0.25) is 0 Å². The average Bonchev–Trinajstić information content (AvgIpc) is 2.73. The molecule has 0 aliphatic carbocycles. The van der Waals surface area contributed by atoms with Gasteiger partial charge in [-0.05, 0) is 25.1 Å². The molecule has 1 aromatic heterocycles. The minimum Gasteiger partial charge on any atom is -0.486 e. The lowest BCUT2D eigenvalue weighted by Crippen LogP contribution is -2.21. The number of ether oxygens (including phenoxy) is 1. The van der Waals surface area contributed by atoms with Crippen molar-refractivity contribution in [3.05, 3.63) is 51.6 Å². The van der Waals surface area contributed by atoms with E-state index >= 15 is 0 Å². The van der Waals surface area contributed by atoms with Crippen LogP contribution in [0.25, 0.3) is 0 Å². The molecule has 21 heavy (non-hydrogen) atoms. The predicted octanol–water partition coefficient (Wildman–Crippen LogP) is 4.57. The van der Waals surface area contributed by atoms with Gasteiger partial charge in [-0.2, -0.15) is 0 Å². The van der Waals surface area contributed by atoms with Crippen LogP contribution in [0.5, 0.6) is 5.75 Å². The maximum absolute atomic E-state index is 13.3. The molecule has 0 aliphatic heterocycles. The Balaban J connectivity index is 1.98. The predicted molar refractivity (Wildman–Crippen MR) is 83.9 cm³/mol. The van der Waals surface area contributed by atoms with Gasteiger partial charge in [0.25, 0.3) is 0 Å². The normalized spacial score (nSPS) is 11.1.